The minimum absolute atomic E-state index is 0.0132. The third kappa shape index (κ3) is 4.35. The third-order valence-electron chi connectivity index (χ3n) is 5.65. The first kappa shape index (κ1) is 19.9. The summed E-state index contributed by atoms with van der Waals surface area (Å²) in [4.78, 5) is 23.3. The molecule has 2 aromatic rings. The first-order chi connectivity index (χ1) is 13.5. The summed E-state index contributed by atoms with van der Waals surface area (Å²) < 4.78 is 5.57. The summed E-state index contributed by atoms with van der Waals surface area (Å²) in [5.74, 6) is -0.665. The van der Waals surface area contributed by atoms with Crippen molar-refractivity contribution in [3.63, 3.8) is 0 Å². The monoisotopic (exact) mass is 381 g/mol. The average molecular weight is 381 g/mol. The van der Waals surface area contributed by atoms with Gasteiger partial charge in [-0.05, 0) is 34.6 Å². The van der Waals surface area contributed by atoms with Crippen molar-refractivity contribution in [2.24, 2.45) is 5.92 Å². The predicted molar refractivity (Wildman–Crippen MR) is 108 cm³/mol. The lowest BCUT2D eigenvalue weighted by molar-refractivity contribution is -0.137. The molecule has 5 nitrogen and oxygen atoms in total. The van der Waals surface area contributed by atoms with Gasteiger partial charge in [-0.3, -0.25) is 4.79 Å². The van der Waals surface area contributed by atoms with E-state index in [-0.39, 0.29) is 30.9 Å². The van der Waals surface area contributed by atoms with Gasteiger partial charge in [-0.1, -0.05) is 68.8 Å². The molecule has 2 N–H and O–H groups in total. The molecule has 2 aromatic carbocycles. The van der Waals surface area contributed by atoms with Crippen LogP contribution in [0.15, 0.2) is 48.5 Å². The van der Waals surface area contributed by atoms with Crippen LogP contribution < -0.4 is 5.32 Å². The van der Waals surface area contributed by atoms with E-state index in [9.17, 15) is 9.59 Å². The molecule has 0 spiro atoms. The SMILES string of the molecule is CCC(C)[C@@H](CCC(=O)O)NC(=O)OCC1c2ccccc2-c2ccccc21. The minimum Gasteiger partial charge on any atom is -0.481 e. The number of hydrogen-bond acceptors (Lipinski definition) is 3. The van der Waals surface area contributed by atoms with Crippen molar-refractivity contribution in [2.45, 2.75) is 45.1 Å². The van der Waals surface area contributed by atoms with Crippen molar-refractivity contribution < 1.29 is 19.4 Å². The maximum absolute atomic E-state index is 12.4. The molecule has 1 aliphatic carbocycles. The van der Waals surface area contributed by atoms with Gasteiger partial charge in [0, 0.05) is 18.4 Å². The molecule has 0 aliphatic heterocycles. The smallest absolute Gasteiger partial charge is 0.407 e. The number of carbonyl (C=O) groups excluding carboxylic acids is 1. The maximum atomic E-state index is 12.4. The van der Waals surface area contributed by atoms with Gasteiger partial charge < -0.3 is 15.2 Å². The summed E-state index contributed by atoms with van der Waals surface area (Å²) >= 11 is 0. The van der Waals surface area contributed by atoms with Gasteiger partial charge in [0.1, 0.15) is 6.61 Å². The number of rotatable bonds is 8. The lowest BCUT2D eigenvalue weighted by atomic mass is 9.95. The van der Waals surface area contributed by atoms with Gasteiger partial charge in [-0.25, -0.2) is 4.79 Å². The summed E-state index contributed by atoms with van der Waals surface area (Å²) in [5.41, 5.74) is 4.71. The van der Waals surface area contributed by atoms with Crippen molar-refractivity contribution in [2.75, 3.05) is 6.61 Å². The van der Waals surface area contributed by atoms with Gasteiger partial charge in [0.25, 0.3) is 0 Å². The molecule has 3 rings (SSSR count). The molecule has 0 aromatic heterocycles. The van der Waals surface area contributed by atoms with Crippen LogP contribution in [0.2, 0.25) is 0 Å². The van der Waals surface area contributed by atoms with E-state index in [1.807, 2.05) is 38.1 Å². The van der Waals surface area contributed by atoms with Crippen LogP contribution in [0.3, 0.4) is 0 Å². The number of aliphatic carboxylic acids is 1. The number of fused-ring (bicyclic) bond motifs is 3. The first-order valence-electron chi connectivity index (χ1n) is 9.84. The van der Waals surface area contributed by atoms with E-state index < -0.39 is 12.1 Å². The fourth-order valence-corrected chi connectivity index (χ4v) is 3.85. The van der Waals surface area contributed by atoms with Gasteiger partial charge in [0.15, 0.2) is 0 Å². The second-order valence-electron chi connectivity index (χ2n) is 7.39. The van der Waals surface area contributed by atoms with Crippen LogP contribution in [0.4, 0.5) is 4.79 Å². The third-order valence-corrected chi connectivity index (χ3v) is 5.65. The van der Waals surface area contributed by atoms with Crippen LogP contribution in [0.1, 0.15) is 50.2 Å². The molecule has 0 bridgehead atoms. The van der Waals surface area contributed by atoms with Crippen LogP contribution >= 0.6 is 0 Å². The molecule has 0 radical (unpaired) electrons. The van der Waals surface area contributed by atoms with E-state index in [0.29, 0.717) is 6.42 Å². The molecule has 0 fully saturated rings. The Morgan fingerprint density at radius 1 is 1.07 bits per heavy atom. The summed E-state index contributed by atoms with van der Waals surface area (Å²) in [6.45, 7) is 4.29. The molecule has 5 heteroatoms. The predicted octanol–water partition coefficient (Wildman–Crippen LogP) is 4.80. The lowest BCUT2D eigenvalue weighted by Crippen LogP contribution is -2.40. The van der Waals surface area contributed by atoms with Crippen LogP contribution in [0, 0.1) is 5.92 Å². The Balaban J connectivity index is 1.66. The number of carboxylic acid groups (broad SMARTS) is 1. The second kappa shape index (κ2) is 8.91. The summed E-state index contributed by atoms with van der Waals surface area (Å²) in [6.07, 6.45) is 0.791. The fourth-order valence-electron chi connectivity index (χ4n) is 3.85. The molecule has 0 saturated carbocycles. The minimum atomic E-state index is -0.859. The van der Waals surface area contributed by atoms with E-state index in [1.54, 1.807) is 0 Å². The zero-order valence-corrected chi connectivity index (χ0v) is 16.4. The number of ether oxygens (including phenoxy) is 1. The van der Waals surface area contributed by atoms with Crippen molar-refractivity contribution >= 4 is 12.1 Å². The Bertz CT molecular complexity index is 803. The topological polar surface area (TPSA) is 75.6 Å². The number of benzene rings is 2. The zero-order chi connectivity index (χ0) is 20.1. The highest BCUT2D eigenvalue weighted by Gasteiger charge is 2.29. The standard InChI is InChI=1S/C23H27NO4/c1-3-15(2)21(12-13-22(25)26)24-23(27)28-14-20-18-10-6-4-8-16(18)17-9-5-7-11-19(17)20/h4-11,15,20-21H,3,12-14H2,1-2H3,(H,24,27)(H,25,26)/t15?,21-/m1/s1. The number of carboxylic acids is 1. The quantitative estimate of drug-likeness (QED) is 0.688. The van der Waals surface area contributed by atoms with Crippen molar-refractivity contribution in [3.05, 3.63) is 59.7 Å². The Morgan fingerprint density at radius 3 is 2.18 bits per heavy atom. The van der Waals surface area contributed by atoms with Gasteiger partial charge in [0.2, 0.25) is 0 Å². The Hall–Kier alpha value is -2.82. The summed E-state index contributed by atoms with van der Waals surface area (Å²) in [7, 11) is 0. The molecule has 0 heterocycles. The van der Waals surface area contributed by atoms with Crippen LogP contribution in [-0.4, -0.2) is 29.8 Å². The fraction of sp³-hybridized carbons (Fsp3) is 0.391. The van der Waals surface area contributed by atoms with Gasteiger partial charge >= 0.3 is 12.1 Å². The van der Waals surface area contributed by atoms with E-state index >= 15 is 0 Å². The maximum Gasteiger partial charge on any atom is 0.407 e. The molecular weight excluding hydrogens is 354 g/mol. The number of carbonyl (C=O) groups is 2. The molecule has 148 valence electrons. The molecule has 1 amide bonds. The van der Waals surface area contributed by atoms with Crippen LogP contribution in [0.25, 0.3) is 11.1 Å². The summed E-state index contributed by atoms with van der Waals surface area (Å²) in [5, 5.41) is 11.8. The van der Waals surface area contributed by atoms with E-state index in [4.69, 9.17) is 9.84 Å². The Kier molecular flexibility index (Phi) is 6.34. The Labute approximate surface area is 165 Å². The Morgan fingerprint density at radius 2 is 1.64 bits per heavy atom. The molecular formula is C23H27NO4. The van der Waals surface area contributed by atoms with Gasteiger partial charge in [-0.2, -0.15) is 0 Å². The number of alkyl carbamates (subject to hydrolysis) is 1. The van der Waals surface area contributed by atoms with Crippen molar-refractivity contribution in [1.29, 1.82) is 0 Å². The second-order valence-corrected chi connectivity index (χ2v) is 7.39. The molecule has 1 unspecified atom stereocenters. The van der Waals surface area contributed by atoms with Crippen LogP contribution in [-0.2, 0) is 9.53 Å². The van der Waals surface area contributed by atoms with Crippen molar-refractivity contribution in [1.82, 2.24) is 5.32 Å². The molecule has 0 saturated heterocycles. The van der Waals surface area contributed by atoms with Crippen LogP contribution in [0.5, 0.6) is 0 Å². The summed E-state index contributed by atoms with van der Waals surface area (Å²) in [6, 6.07) is 16.2. The first-order valence-corrected chi connectivity index (χ1v) is 9.84. The average Bonchev–Trinajstić information content (AvgIpc) is 3.02. The molecule has 28 heavy (non-hydrogen) atoms. The number of amides is 1. The highest BCUT2D eigenvalue weighted by atomic mass is 16.5. The number of hydrogen-bond donors (Lipinski definition) is 2. The lowest BCUT2D eigenvalue weighted by Gasteiger charge is -2.24. The highest BCUT2D eigenvalue weighted by molar-refractivity contribution is 5.79. The van der Waals surface area contributed by atoms with Gasteiger partial charge in [-0.15, -0.1) is 0 Å². The normalized spacial score (nSPS) is 14.6. The van der Waals surface area contributed by atoms with Crippen molar-refractivity contribution in [3.8, 4) is 11.1 Å². The zero-order valence-electron chi connectivity index (χ0n) is 16.4. The molecule has 1 aliphatic rings. The van der Waals surface area contributed by atoms with E-state index in [0.717, 1.165) is 6.42 Å². The highest BCUT2D eigenvalue weighted by Crippen LogP contribution is 2.44. The van der Waals surface area contributed by atoms with E-state index in [1.165, 1.54) is 22.3 Å². The largest absolute Gasteiger partial charge is 0.481 e. The molecule has 2 atom stereocenters. The van der Waals surface area contributed by atoms with Gasteiger partial charge in [0.05, 0.1) is 0 Å². The van der Waals surface area contributed by atoms with E-state index in [2.05, 4.69) is 29.6 Å². The number of nitrogens with one attached hydrogen (secondary N) is 1.